The molecule has 10 nitrogen and oxygen atoms in total. The van der Waals surface area contributed by atoms with Crippen LogP contribution < -0.4 is 0 Å². The first-order valence-corrected chi connectivity index (χ1v) is 5.97. The van der Waals surface area contributed by atoms with Gasteiger partial charge in [0.25, 0.3) is 11.6 Å². The van der Waals surface area contributed by atoms with Crippen LogP contribution in [0.25, 0.3) is 0 Å². The maximum Gasteiger partial charge on any atom is 0.254 e. The van der Waals surface area contributed by atoms with Crippen LogP contribution in [-0.2, 0) is 9.47 Å². The predicted molar refractivity (Wildman–Crippen MR) is 57.8 cm³/mol. The molecule has 20 heavy (non-hydrogen) atoms. The summed E-state index contributed by atoms with van der Waals surface area (Å²) >= 11 is 0. The summed E-state index contributed by atoms with van der Waals surface area (Å²) in [6.45, 7) is -1.56. The van der Waals surface area contributed by atoms with E-state index < -0.39 is 61.4 Å². The van der Waals surface area contributed by atoms with Crippen LogP contribution >= 0.6 is 0 Å². The third-order valence-electron chi connectivity index (χ3n) is 3.75. The molecule has 0 spiro atoms. The highest BCUT2D eigenvalue weighted by Crippen LogP contribution is 2.45. The fourth-order valence-corrected chi connectivity index (χ4v) is 2.49. The quantitative estimate of drug-likeness (QED) is 0.250. The number of aliphatic hydroxyl groups excluding tert-OH is 6. The summed E-state index contributed by atoms with van der Waals surface area (Å²) in [4.78, 5) is 0. The number of hydrogen-bond donors (Lipinski definition) is 8. The molecule has 2 aliphatic heterocycles. The standard InChI is InChI=1S/C10H18O10/c11-1-3-5(13)7(15)9(17,19-3)10(18)8(16)6(14)4(2-12)20-10/h3-8,11-18H,1-2H2/t3-,4-,5-,6-,7-,8-,9?,10?/m1/s1. The number of aliphatic hydroxyl groups is 8. The first-order chi connectivity index (χ1) is 9.22. The van der Waals surface area contributed by atoms with Gasteiger partial charge in [-0.15, -0.1) is 0 Å². The molecule has 0 amide bonds. The molecular formula is C10H18O10. The van der Waals surface area contributed by atoms with Crippen LogP contribution in [0.15, 0.2) is 0 Å². The average molecular weight is 298 g/mol. The highest BCUT2D eigenvalue weighted by molar-refractivity contribution is 5.10. The van der Waals surface area contributed by atoms with Gasteiger partial charge in [0, 0.05) is 0 Å². The molecule has 0 aromatic carbocycles. The average Bonchev–Trinajstić information content (AvgIpc) is 2.80. The van der Waals surface area contributed by atoms with Gasteiger partial charge in [-0.3, -0.25) is 0 Å². The summed E-state index contributed by atoms with van der Waals surface area (Å²) < 4.78 is 9.60. The normalized spacial score (nSPS) is 56.4. The predicted octanol–water partition coefficient (Wildman–Crippen LogP) is -5.41. The summed E-state index contributed by atoms with van der Waals surface area (Å²) in [5.74, 6) is -5.99. The summed E-state index contributed by atoms with van der Waals surface area (Å²) in [5, 5.41) is 77.1. The lowest BCUT2D eigenvalue weighted by atomic mass is 9.92. The molecule has 2 fully saturated rings. The molecule has 0 radical (unpaired) electrons. The van der Waals surface area contributed by atoms with Crippen LogP contribution in [-0.4, -0.2) is 102 Å². The Morgan fingerprint density at radius 1 is 0.700 bits per heavy atom. The van der Waals surface area contributed by atoms with Crippen molar-refractivity contribution in [2.45, 2.75) is 48.2 Å². The van der Waals surface area contributed by atoms with Gasteiger partial charge >= 0.3 is 0 Å². The molecule has 10 heteroatoms. The highest BCUT2D eigenvalue weighted by atomic mass is 16.8. The molecule has 0 bridgehead atoms. The van der Waals surface area contributed by atoms with Gasteiger partial charge in [-0.05, 0) is 0 Å². The Balaban J connectivity index is 2.34. The molecular weight excluding hydrogens is 280 g/mol. The minimum Gasteiger partial charge on any atom is -0.394 e. The van der Waals surface area contributed by atoms with Gasteiger partial charge in [-0.1, -0.05) is 0 Å². The third-order valence-corrected chi connectivity index (χ3v) is 3.75. The van der Waals surface area contributed by atoms with E-state index in [4.69, 9.17) is 19.7 Å². The van der Waals surface area contributed by atoms with Gasteiger partial charge in [0.15, 0.2) is 0 Å². The summed E-state index contributed by atoms with van der Waals surface area (Å²) in [6, 6.07) is 0. The van der Waals surface area contributed by atoms with E-state index in [0.29, 0.717) is 0 Å². The Bertz CT molecular complexity index is 332. The number of hydrogen-bond acceptors (Lipinski definition) is 10. The van der Waals surface area contributed by atoms with Crippen molar-refractivity contribution >= 4 is 0 Å². The highest BCUT2D eigenvalue weighted by Gasteiger charge is 2.72. The van der Waals surface area contributed by atoms with Gasteiger partial charge in [0.1, 0.15) is 36.6 Å². The second-order valence-electron chi connectivity index (χ2n) is 4.94. The topological polar surface area (TPSA) is 180 Å². The van der Waals surface area contributed by atoms with Crippen LogP contribution in [0, 0.1) is 0 Å². The van der Waals surface area contributed by atoms with Crippen LogP contribution in [0.4, 0.5) is 0 Å². The fourth-order valence-electron chi connectivity index (χ4n) is 2.49. The van der Waals surface area contributed by atoms with E-state index in [0.717, 1.165) is 0 Å². The van der Waals surface area contributed by atoms with E-state index in [2.05, 4.69) is 0 Å². The lowest BCUT2D eigenvalue weighted by Gasteiger charge is -2.40. The molecule has 2 unspecified atom stereocenters. The molecule has 0 aliphatic carbocycles. The van der Waals surface area contributed by atoms with Crippen molar-refractivity contribution in [2.24, 2.45) is 0 Å². The Hall–Kier alpha value is -0.400. The van der Waals surface area contributed by atoms with Crippen molar-refractivity contribution in [2.75, 3.05) is 13.2 Å². The zero-order valence-corrected chi connectivity index (χ0v) is 10.3. The SMILES string of the molecule is OC[C@H]1OC(O)(C2(O)O[C@H](CO)[C@@H](O)[C@H]2O)[C@H](O)[C@@H]1O. The van der Waals surface area contributed by atoms with Crippen molar-refractivity contribution in [3.05, 3.63) is 0 Å². The van der Waals surface area contributed by atoms with Crippen LogP contribution in [0.1, 0.15) is 0 Å². The fraction of sp³-hybridized carbons (Fsp3) is 1.00. The zero-order chi connectivity index (χ0) is 15.3. The first kappa shape index (κ1) is 16.0. The molecule has 2 rings (SSSR count). The van der Waals surface area contributed by atoms with Gasteiger partial charge in [0.2, 0.25) is 0 Å². The smallest absolute Gasteiger partial charge is 0.254 e. The van der Waals surface area contributed by atoms with Crippen LogP contribution in [0.2, 0.25) is 0 Å². The first-order valence-electron chi connectivity index (χ1n) is 5.97. The zero-order valence-electron chi connectivity index (χ0n) is 10.3. The van der Waals surface area contributed by atoms with Crippen molar-refractivity contribution < 1.29 is 50.3 Å². The van der Waals surface area contributed by atoms with Gasteiger partial charge in [0.05, 0.1) is 13.2 Å². The van der Waals surface area contributed by atoms with Crippen molar-refractivity contribution in [3.63, 3.8) is 0 Å². The molecule has 0 aromatic rings. The van der Waals surface area contributed by atoms with E-state index in [1.54, 1.807) is 0 Å². The summed E-state index contributed by atoms with van der Waals surface area (Å²) in [7, 11) is 0. The number of ether oxygens (including phenoxy) is 2. The lowest BCUT2D eigenvalue weighted by molar-refractivity contribution is -0.407. The summed E-state index contributed by atoms with van der Waals surface area (Å²) in [6.07, 6.45) is -10.6. The molecule has 118 valence electrons. The van der Waals surface area contributed by atoms with Crippen molar-refractivity contribution in [3.8, 4) is 0 Å². The second-order valence-corrected chi connectivity index (χ2v) is 4.94. The van der Waals surface area contributed by atoms with E-state index >= 15 is 0 Å². The van der Waals surface area contributed by atoms with E-state index in [-0.39, 0.29) is 0 Å². The maximum absolute atomic E-state index is 10.2. The Morgan fingerprint density at radius 3 is 1.20 bits per heavy atom. The molecule has 2 aliphatic rings. The molecule has 8 atom stereocenters. The molecule has 2 heterocycles. The van der Waals surface area contributed by atoms with E-state index in [1.165, 1.54) is 0 Å². The molecule has 2 saturated heterocycles. The maximum atomic E-state index is 10.2. The van der Waals surface area contributed by atoms with E-state index in [9.17, 15) is 30.6 Å². The Labute approximate surface area is 113 Å². The molecule has 0 saturated carbocycles. The van der Waals surface area contributed by atoms with Crippen LogP contribution in [0.3, 0.4) is 0 Å². The minimum atomic E-state index is -3.00. The van der Waals surface area contributed by atoms with Gasteiger partial charge in [-0.25, -0.2) is 0 Å². The second kappa shape index (κ2) is 5.10. The minimum absolute atomic E-state index is 0.779. The van der Waals surface area contributed by atoms with Crippen molar-refractivity contribution in [1.82, 2.24) is 0 Å². The van der Waals surface area contributed by atoms with Gasteiger partial charge < -0.3 is 50.3 Å². The largest absolute Gasteiger partial charge is 0.394 e. The summed E-state index contributed by atoms with van der Waals surface area (Å²) in [5.41, 5.74) is 0. The lowest BCUT2D eigenvalue weighted by Crippen LogP contribution is -2.66. The van der Waals surface area contributed by atoms with E-state index in [1.807, 2.05) is 0 Å². The van der Waals surface area contributed by atoms with Crippen LogP contribution in [0.5, 0.6) is 0 Å². The Morgan fingerprint density at radius 2 is 1.00 bits per heavy atom. The monoisotopic (exact) mass is 298 g/mol. The molecule has 0 aromatic heterocycles. The molecule has 8 N–H and O–H groups in total. The number of rotatable bonds is 3. The van der Waals surface area contributed by atoms with Gasteiger partial charge in [-0.2, -0.15) is 0 Å². The Kier molecular flexibility index (Phi) is 4.08. The van der Waals surface area contributed by atoms with Crippen molar-refractivity contribution in [1.29, 1.82) is 0 Å². The third kappa shape index (κ3) is 1.89.